The number of ether oxygens (including phenoxy) is 1. The summed E-state index contributed by atoms with van der Waals surface area (Å²) in [4.78, 5) is 19.1. The molecule has 132 valence electrons. The molecule has 4 heterocycles. The van der Waals surface area contributed by atoms with E-state index in [1.165, 1.54) is 0 Å². The first kappa shape index (κ1) is 16.1. The van der Waals surface area contributed by atoms with Crippen LogP contribution in [0.3, 0.4) is 0 Å². The fourth-order valence-corrected chi connectivity index (χ4v) is 5.20. The molecule has 4 rings (SSSR count). The first-order chi connectivity index (χ1) is 11.5. The fraction of sp³-hybridized carbons (Fsp3) is 0.750. The van der Waals surface area contributed by atoms with Gasteiger partial charge in [-0.05, 0) is 19.3 Å². The fourth-order valence-electron chi connectivity index (χ4n) is 3.71. The Morgan fingerprint density at radius 3 is 2.71 bits per heavy atom. The van der Waals surface area contributed by atoms with E-state index in [2.05, 4.69) is 4.98 Å². The number of carbonyl (C=O) groups is 1. The first-order valence-electron chi connectivity index (χ1n) is 8.57. The van der Waals surface area contributed by atoms with Crippen LogP contribution in [-0.4, -0.2) is 55.5 Å². The molecule has 7 nitrogen and oxygen atoms in total. The van der Waals surface area contributed by atoms with E-state index < -0.39 is 9.84 Å². The van der Waals surface area contributed by atoms with Gasteiger partial charge in [0.2, 0.25) is 5.91 Å². The number of fused-ring (bicyclic) bond motifs is 1. The topological polar surface area (TPSA) is 89.7 Å². The molecule has 0 aromatic carbocycles. The summed E-state index contributed by atoms with van der Waals surface area (Å²) in [5.74, 6) is 1.97. The van der Waals surface area contributed by atoms with Crippen LogP contribution in [0.2, 0.25) is 0 Å². The van der Waals surface area contributed by atoms with Crippen LogP contribution >= 0.6 is 0 Å². The van der Waals surface area contributed by atoms with Gasteiger partial charge in [0, 0.05) is 25.5 Å². The second kappa shape index (κ2) is 6.15. The van der Waals surface area contributed by atoms with Crippen LogP contribution in [0.4, 0.5) is 0 Å². The summed E-state index contributed by atoms with van der Waals surface area (Å²) in [6.45, 7) is 2.48. The molecule has 1 amide bonds. The van der Waals surface area contributed by atoms with Crippen LogP contribution in [-0.2, 0) is 32.3 Å². The van der Waals surface area contributed by atoms with Gasteiger partial charge in [0.15, 0.2) is 5.89 Å². The van der Waals surface area contributed by atoms with E-state index in [-0.39, 0.29) is 29.2 Å². The summed E-state index contributed by atoms with van der Waals surface area (Å²) in [5.41, 5.74) is 0.847. The molecular formula is C16H22N2O5S. The summed E-state index contributed by atoms with van der Waals surface area (Å²) < 4.78 is 34.3. The smallest absolute Gasteiger partial charge is 0.226 e. The number of hydrogen-bond donors (Lipinski definition) is 0. The van der Waals surface area contributed by atoms with Gasteiger partial charge < -0.3 is 14.1 Å². The normalized spacial score (nSPS) is 27.2. The zero-order valence-corrected chi connectivity index (χ0v) is 14.4. The van der Waals surface area contributed by atoms with Crippen LogP contribution in [0, 0.1) is 5.92 Å². The molecule has 0 saturated carbocycles. The molecule has 0 spiro atoms. The number of carbonyl (C=O) groups excluding carboxylic acids is 1. The lowest BCUT2D eigenvalue weighted by Gasteiger charge is -2.30. The van der Waals surface area contributed by atoms with Crippen LogP contribution in [0.25, 0.3) is 0 Å². The maximum absolute atomic E-state index is 12.7. The predicted molar refractivity (Wildman–Crippen MR) is 85.2 cm³/mol. The van der Waals surface area contributed by atoms with Crippen molar-refractivity contribution in [3.05, 3.63) is 17.3 Å². The Morgan fingerprint density at radius 1 is 1.21 bits per heavy atom. The van der Waals surface area contributed by atoms with Gasteiger partial charge in [-0.25, -0.2) is 13.4 Å². The minimum atomic E-state index is -2.94. The minimum absolute atomic E-state index is 0.0595. The molecule has 3 aliphatic heterocycles. The number of amides is 1. The Bertz CT molecular complexity index is 722. The number of oxazole rings is 1. The van der Waals surface area contributed by atoms with E-state index in [1.54, 1.807) is 0 Å². The van der Waals surface area contributed by atoms with Crippen molar-refractivity contribution >= 4 is 15.7 Å². The second-order valence-corrected chi connectivity index (χ2v) is 9.22. The maximum atomic E-state index is 12.7. The summed E-state index contributed by atoms with van der Waals surface area (Å²) in [7, 11) is -2.94. The van der Waals surface area contributed by atoms with Crippen molar-refractivity contribution in [3.63, 3.8) is 0 Å². The zero-order chi connectivity index (χ0) is 16.7. The van der Waals surface area contributed by atoms with Gasteiger partial charge >= 0.3 is 0 Å². The average Bonchev–Trinajstić information content (AvgIpc) is 3.22. The number of sulfone groups is 1. The van der Waals surface area contributed by atoms with E-state index in [0.29, 0.717) is 39.0 Å². The first-order valence-corrected chi connectivity index (χ1v) is 10.4. The van der Waals surface area contributed by atoms with Crippen molar-refractivity contribution < 1.29 is 22.4 Å². The molecule has 24 heavy (non-hydrogen) atoms. The van der Waals surface area contributed by atoms with Gasteiger partial charge in [0.05, 0.1) is 30.6 Å². The maximum Gasteiger partial charge on any atom is 0.226 e. The summed E-state index contributed by atoms with van der Waals surface area (Å²) in [5, 5.41) is 0. The Labute approximate surface area is 141 Å². The average molecular weight is 354 g/mol. The Morgan fingerprint density at radius 2 is 2.00 bits per heavy atom. The monoisotopic (exact) mass is 354 g/mol. The van der Waals surface area contributed by atoms with Crippen molar-refractivity contribution in [3.8, 4) is 0 Å². The Kier molecular flexibility index (Phi) is 4.12. The molecular weight excluding hydrogens is 332 g/mol. The van der Waals surface area contributed by atoms with Crippen molar-refractivity contribution in [1.29, 1.82) is 0 Å². The highest BCUT2D eigenvalue weighted by atomic mass is 32.2. The van der Waals surface area contributed by atoms with E-state index in [1.807, 2.05) is 4.90 Å². The van der Waals surface area contributed by atoms with Crippen LogP contribution in [0.5, 0.6) is 0 Å². The van der Waals surface area contributed by atoms with Crippen molar-refractivity contribution in [1.82, 2.24) is 9.88 Å². The number of rotatable bonds is 2. The summed E-state index contributed by atoms with van der Waals surface area (Å²) >= 11 is 0. The minimum Gasteiger partial charge on any atom is -0.445 e. The van der Waals surface area contributed by atoms with Crippen molar-refractivity contribution in [2.45, 2.75) is 38.1 Å². The van der Waals surface area contributed by atoms with Crippen LogP contribution < -0.4 is 0 Å². The Hall–Kier alpha value is -1.41. The molecule has 0 bridgehead atoms. The molecule has 0 N–H and O–H groups in total. The molecule has 2 fully saturated rings. The van der Waals surface area contributed by atoms with E-state index in [4.69, 9.17) is 9.15 Å². The largest absolute Gasteiger partial charge is 0.445 e. The molecule has 0 aliphatic carbocycles. The molecule has 2 saturated heterocycles. The summed E-state index contributed by atoms with van der Waals surface area (Å²) in [6.07, 6.45) is 2.48. The van der Waals surface area contributed by atoms with Gasteiger partial charge in [0.1, 0.15) is 21.3 Å². The number of aromatic nitrogens is 1. The van der Waals surface area contributed by atoms with E-state index >= 15 is 0 Å². The van der Waals surface area contributed by atoms with E-state index in [9.17, 15) is 13.2 Å². The number of hydrogen-bond acceptors (Lipinski definition) is 6. The quantitative estimate of drug-likeness (QED) is 0.783. The summed E-state index contributed by atoms with van der Waals surface area (Å²) in [6, 6.07) is 0. The number of nitrogens with zero attached hydrogens (tertiary/aromatic N) is 2. The third-order valence-electron chi connectivity index (χ3n) is 5.24. The highest BCUT2D eigenvalue weighted by Crippen LogP contribution is 2.30. The molecule has 1 unspecified atom stereocenters. The van der Waals surface area contributed by atoms with Gasteiger partial charge in [-0.1, -0.05) is 0 Å². The van der Waals surface area contributed by atoms with Gasteiger partial charge in [-0.2, -0.15) is 0 Å². The van der Waals surface area contributed by atoms with Gasteiger partial charge in [-0.15, -0.1) is 0 Å². The Balaban J connectivity index is 1.43. The van der Waals surface area contributed by atoms with Gasteiger partial charge in [-0.3, -0.25) is 4.79 Å². The van der Waals surface area contributed by atoms with E-state index in [0.717, 1.165) is 30.4 Å². The highest BCUT2D eigenvalue weighted by Gasteiger charge is 2.34. The third-order valence-corrected chi connectivity index (χ3v) is 6.95. The van der Waals surface area contributed by atoms with Gasteiger partial charge in [0.25, 0.3) is 0 Å². The van der Waals surface area contributed by atoms with Crippen molar-refractivity contribution in [2.75, 3.05) is 31.3 Å². The van der Waals surface area contributed by atoms with Crippen LogP contribution in [0.15, 0.2) is 4.42 Å². The molecule has 3 aliphatic rings. The third kappa shape index (κ3) is 3.09. The second-order valence-electron chi connectivity index (χ2n) is 6.92. The highest BCUT2D eigenvalue weighted by molar-refractivity contribution is 7.91. The molecule has 1 aromatic rings. The van der Waals surface area contributed by atoms with Crippen molar-refractivity contribution in [2.24, 2.45) is 5.92 Å². The lowest BCUT2D eigenvalue weighted by atomic mass is 10.00. The molecule has 0 radical (unpaired) electrons. The lowest BCUT2D eigenvalue weighted by Crippen LogP contribution is -2.42. The standard InChI is InChI=1S/C16H22N2O5S/c19-16(11-3-7-24(20,21)8-4-11)18-5-1-14-13(9-18)17-15(23-14)12-2-6-22-10-12/h11-12H,1-10H2. The molecule has 1 atom stereocenters. The SMILES string of the molecule is O=C(C1CCS(=O)(=O)CC1)N1CCc2oc(C3CCOC3)nc2C1. The predicted octanol–water partition coefficient (Wildman–Crippen LogP) is 0.888. The molecule has 1 aromatic heterocycles. The zero-order valence-electron chi connectivity index (χ0n) is 13.6. The van der Waals surface area contributed by atoms with Crippen LogP contribution in [0.1, 0.15) is 42.5 Å². The lowest BCUT2D eigenvalue weighted by molar-refractivity contribution is -0.136. The molecule has 8 heteroatoms.